The molecule has 0 unspecified atom stereocenters. The van der Waals surface area contributed by atoms with Crippen LogP contribution in [0.25, 0.3) is 11.6 Å². The molecule has 0 aromatic heterocycles. The maximum absolute atomic E-state index is 11.8. The summed E-state index contributed by atoms with van der Waals surface area (Å²) in [7, 11) is 0. The van der Waals surface area contributed by atoms with E-state index >= 15 is 0 Å². The number of rotatable bonds is 1. The topological polar surface area (TPSA) is 17.1 Å². The van der Waals surface area contributed by atoms with Crippen LogP contribution in [0.1, 0.15) is 47.9 Å². The van der Waals surface area contributed by atoms with Crippen molar-refractivity contribution in [2.24, 2.45) is 0 Å². The van der Waals surface area contributed by atoms with Crippen molar-refractivity contribution in [3.8, 4) is 0 Å². The first-order valence-electron chi connectivity index (χ1n) is 8.20. The quantitative estimate of drug-likeness (QED) is 0.669. The standard InChI is InChI=1S/C21H19ClO/c1-14-6-7-16(13-20(14)22)19-12-15-4-2-3-5-18(15)21(19)10-8-17(23)9-11-21/h2-7,12-13H,8-11H2,1H3. The van der Waals surface area contributed by atoms with E-state index in [9.17, 15) is 4.79 Å². The van der Waals surface area contributed by atoms with Crippen LogP contribution in [0.4, 0.5) is 0 Å². The Morgan fingerprint density at radius 1 is 1.04 bits per heavy atom. The average molecular weight is 323 g/mol. The third kappa shape index (κ3) is 2.26. The van der Waals surface area contributed by atoms with Crippen molar-refractivity contribution in [3.63, 3.8) is 0 Å². The van der Waals surface area contributed by atoms with Crippen molar-refractivity contribution < 1.29 is 4.79 Å². The third-order valence-corrected chi connectivity index (χ3v) is 5.84. The van der Waals surface area contributed by atoms with Crippen LogP contribution < -0.4 is 0 Å². The summed E-state index contributed by atoms with van der Waals surface area (Å²) < 4.78 is 0. The lowest BCUT2D eigenvalue weighted by Gasteiger charge is -2.37. The van der Waals surface area contributed by atoms with Gasteiger partial charge in [-0.25, -0.2) is 0 Å². The number of halogens is 1. The van der Waals surface area contributed by atoms with E-state index in [1.54, 1.807) is 0 Å². The largest absolute Gasteiger partial charge is 0.300 e. The predicted octanol–water partition coefficient (Wildman–Crippen LogP) is 5.58. The highest BCUT2D eigenvalue weighted by molar-refractivity contribution is 6.31. The van der Waals surface area contributed by atoms with Crippen molar-refractivity contribution in [1.29, 1.82) is 0 Å². The molecular formula is C21H19ClO. The summed E-state index contributed by atoms with van der Waals surface area (Å²) in [6.07, 6.45) is 5.45. The molecule has 0 radical (unpaired) electrons. The Labute approximate surface area is 142 Å². The average Bonchev–Trinajstić information content (AvgIpc) is 2.88. The van der Waals surface area contributed by atoms with Gasteiger partial charge >= 0.3 is 0 Å². The number of ketones is 1. The Kier molecular flexibility index (Phi) is 3.42. The zero-order valence-corrected chi connectivity index (χ0v) is 14.0. The second-order valence-corrected chi connectivity index (χ2v) is 7.14. The number of hydrogen-bond donors (Lipinski definition) is 0. The van der Waals surface area contributed by atoms with Crippen molar-refractivity contribution in [1.82, 2.24) is 0 Å². The molecule has 2 aromatic carbocycles. The Morgan fingerprint density at radius 3 is 2.52 bits per heavy atom. The van der Waals surface area contributed by atoms with E-state index in [4.69, 9.17) is 11.6 Å². The summed E-state index contributed by atoms with van der Waals surface area (Å²) in [5.41, 5.74) is 6.25. The Morgan fingerprint density at radius 2 is 1.78 bits per heavy atom. The number of aryl methyl sites for hydroxylation is 1. The second kappa shape index (κ2) is 5.35. The number of Topliss-reactive ketones (excluding diaryl/α,β-unsaturated/α-hetero) is 1. The summed E-state index contributed by atoms with van der Waals surface area (Å²) in [6.45, 7) is 2.03. The molecule has 116 valence electrons. The van der Waals surface area contributed by atoms with Gasteiger partial charge in [-0.15, -0.1) is 0 Å². The lowest BCUT2D eigenvalue weighted by atomic mass is 9.65. The van der Waals surface area contributed by atoms with Gasteiger partial charge in [-0.1, -0.05) is 48.0 Å². The van der Waals surface area contributed by atoms with Crippen LogP contribution in [0, 0.1) is 6.92 Å². The van der Waals surface area contributed by atoms with Crippen LogP contribution in [0.15, 0.2) is 42.5 Å². The first kappa shape index (κ1) is 14.7. The minimum atomic E-state index is -0.0247. The van der Waals surface area contributed by atoms with Crippen molar-refractivity contribution in [3.05, 3.63) is 69.7 Å². The maximum atomic E-state index is 11.8. The van der Waals surface area contributed by atoms with Gasteiger partial charge in [-0.3, -0.25) is 4.79 Å². The number of benzene rings is 2. The normalized spacial score (nSPS) is 18.9. The molecule has 2 aliphatic rings. The smallest absolute Gasteiger partial charge is 0.133 e. The fourth-order valence-electron chi connectivity index (χ4n) is 4.11. The summed E-state index contributed by atoms with van der Waals surface area (Å²) in [4.78, 5) is 11.8. The van der Waals surface area contributed by atoms with Crippen LogP contribution >= 0.6 is 11.6 Å². The zero-order valence-electron chi connectivity index (χ0n) is 13.2. The molecule has 1 nitrogen and oxygen atoms in total. The van der Waals surface area contributed by atoms with Crippen LogP contribution in [0.5, 0.6) is 0 Å². The van der Waals surface area contributed by atoms with Crippen molar-refractivity contribution in [2.45, 2.75) is 38.0 Å². The van der Waals surface area contributed by atoms with Gasteiger partial charge in [0.25, 0.3) is 0 Å². The molecule has 0 atom stereocenters. The lowest BCUT2D eigenvalue weighted by Crippen LogP contribution is -2.31. The van der Waals surface area contributed by atoms with E-state index in [0.717, 1.165) is 23.4 Å². The van der Waals surface area contributed by atoms with Crippen LogP contribution in [0.3, 0.4) is 0 Å². The summed E-state index contributed by atoms with van der Waals surface area (Å²) >= 11 is 6.37. The molecule has 0 aliphatic heterocycles. The van der Waals surface area contributed by atoms with E-state index in [2.05, 4.69) is 48.5 Å². The number of carbonyl (C=O) groups is 1. The van der Waals surface area contributed by atoms with E-state index in [-0.39, 0.29) is 5.41 Å². The lowest BCUT2D eigenvalue weighted by molar-refractivity contribution is -0.120. The van der Waals surface area contributed by atoms with E-state index in [1.165, 1.54) is 22.3 Å². The van der Waals surface area contributed by atoms with E-state index in [0.29, 0.717) is 18.6 Å². The zero-order chi connectivity index (χ0) is 16.0. The Hall–Kier alpha value is -1.86. The van der Waals surface area contributed by atoms with Gasteiger partial charge in [0, 0.05) is 23.3 Å². The Balaban J connectivity index is 1.88. The molecule has 1 saturated carbocycles. The molecule has 23 heavy (non-hydrogen) atoms. The van der Waals surface area contributed by atoms with E-state index < -0.39 is 0 Å². The summed E-state index contributed by atoms with van der Waals surface area (Å²) in [5.74, 6) is 0.390. The van der Waals surface area contributed by atoms with Gasteiger partial charge < -0.3 is 0 Å². The first-order valence-corrected chi connectivity index (χ1v) is 8.58. The molecule has 2 aliphatic carbocycles. The van der Waals surface area contributed by atoms with Crippen LogP contribution in [-0.2, 0) is 10.2 Å². The molecule has 0 N–H and O–H groups in total. The number of allylic oxidation sites excluding steroid dienone is 1. The molecule has 0 amide bonds. The molecule has 0 heterocycles. The molecule has 0 saturated heterocycles. The highest BCUT2D eigenvalue weighted by Gasteiger charge is 2.44. The first-order chi connectivity index (χ1) is 11.1. The fourth-order valence-corrected chi connectivity index (χ4v) is 4.29. The van der Waals surface area contributed by atoms with Gasteiger partial charge in [0.1, 0.15) is 5.78 Å². The summed E-state index contributed by atoms with van der Waals surface area (Å²) in [6, 6.07) is 14.9. The fraction of sp³-hybridized carbons (Fsp3) is 0.286. The highest BCUT2D eigenvalue weighted by atomic mass is 35.5. The molecule has 0 bridgehead atoms. The summed E-state index contributed by atoms with van der Waals surface area (Å²) in [5, 5.41) is 0.807. The van der Waals surface area contributed by atoms with Gasteiger partial charge in [0.2, 0.25) is 0 Å². The number of fused-ring (bicyclic) bond motifs is 2. The monoisotopic (exact) mass is 322 g/mol. The highest BCUT2D eigenvalue weighted by Crippen LogP contribution is 2.54. The second-order valence-electron chi connectivity index (χ2n) is 6.73. The van der Waals surface area contributed by atoms with E-state index in [1.807, 2.05) is 6.92 Å². The minimum Gasteiger partial charge on any atom is -0.300 e. The molecule has 1 spiro atoms. The van der Waals surface area contributed by atoms with Gasteiger partial charge in [0.15, 0.2) is 0 Å². The Bertz CT molecular complexity index is 821. The van der Waals surface area contributed by atoms with Crippen molar-refractivity contribution in [2.75, 3.05) is 0 Å². The van der Waals surface area contributed by atoms with Crippen LogP contribution in [-0.4, -0.2) is 5.78 Å². The molecule has 4 rings (SSSR count). The third-order valence-electron chi connectivity index (χ3n) is 5.44. The maximum Gasteiger partial charge on any atom is 0.133 e. The SMILES string of the molecule is Cc1ccc(C2=Cc3ccccc3C23CCC(=O)CC3)cc1Cl. The molecule has 2 heteroatoms. The number of hydrogen-bond acceptors (Lipinski definition) is 1. The molecule has 1 fully saturated rings. The van der Waals surface area contributed by atoms with Gasteiger partial charge in [-0.2, -0.15) is 0 Å². The molecule has 2 aromatic rings. The van der Waals surface area contributed by atoms with Crippen molar-refractivity contribution >= 4 is 29.0 Å². The molecular weight excluding hydrogens is 304 g/mol. The minimum absolute atomic E-state index is 0.0247. The predicted molar refractivity (Wildman–Crippen MR) is 95.7 cm³/mol. The van der Waals surface area contributed by atoms with Gasteiger partial charge in [0.05, 0.1) is 0 Å². The van der Waals surface area contributed by atoms with Crippen LogP contribution in [0.2, 0.25) is 5.02 Å². The number of carbonyl (C=O) groups excluding carboxylic acids is 1. The van der Waals surface area contributed by atoms with Gasteiger partial charge in [-0.05, 0) is 59.7 Å².